The van der Waals surface area contributed by atoms with Crippen molar-refractivity contribution in [2.75, 3.05) is 19.8 Å². The van der Waals surface area contributed by atoms with Crippen LogP contribution in [0.2, 0.25) is 0 Å². The zero-order valence-electron chi connectivity index (χ0n) is 31.0. The molecule has 13 nitrogen and oxygen atoms in total. The Kier molecular flexibility index (Phi) is 13.2. The summed E-state index contributed by atoms with van der Waals surface area (Å²) < 4.78 is 43.4. The zero-order chi connectivity index (χ0) is 37.2. The molecule has 52 heavy (non-hydrogen) atoms. The van der Waals surface area contributed by atoms with Crippen molar-refractivity contribution in [1.29, 1.82) is 0 Å². The topological polar surface area (TPSA) is 186 Å². The second-order valence-corrected chi connectivity index (χ2v) is 15.8. The summed E-state index contributed by atoms with van der Waals surface area (Å²) >= 11 is 0. The Balaban J connectivity index is 1.18. The van der Waals surface area contributed by atoms with Crippen molar-refractivity contribution in [3.05, 3.63) is 34.9 Å². The van der Waals surface area contributed by atoms with Gasteiger partial charge >= 0.3 is 0 Å². The summed E-state index contributed by atoms with van der Waals surface area (Å²) in [6, 6.07) is 4.22. The van der Waals surface area contributed by atoms with Gasteiger partial charge in [0.05, 0.1) is 44.2 Å². The molecule has 0 amide bonds. The fraction of sp³-hybridized carbons (Fsp3) is 0.795. The largest absolute Gasteiger partial charge is 0.487 e. The third kappa shape index (κ3) is 8.97. The number of allylic oxidation sites excluding steroid dienone is 2. The van der Waals surface area contributed by atoms with Crippen molar-refractivity contribution in [3.8, 4) is 11.5 Å². The second kappa shape index (κ2) is 17.3. The highest BCUT2D eigenvalue weighted by Gasteiger charge is 2.48. The number of hydrogen-bond donors (Lipinski definition) is 6. The molecule has 4 heterocycles. The standard InChI is InChI=1S/C39H60O13/c1-5-6-7-8-22-12-28(36-25-11-21(2)9-10-26(25)39(3,4)52-29(36)13-22)47-34-16-27(44)38(32(20-42)50-34)51-35-17-30(37(45)31(19-41)49-35)48-33-15-23(43)14-24(18-40)46-33/h11-13,23-27,30-35,37-38,40-45H,5-10,14-20H2,1-4H3/t23-,24-,25+,26+,27+,30+,31+,32+,33-,34+,35-,37-,38-/m0/s1. The van der Waals surface area contributed by atoms with Gasteiger partial charge in [0.1, 0.15) is 41.5 Å². The van der Waals surface area contributed by atoms with Crippen LogP contribution < -0.4 is 9.47 Å². The van der Waals surface area contributed by atoms with Crippen LogP contribution in [0.15, 0.2) is 23.8 Å². The number of hydrogen-bond acceptors (Lipinski definition) is 13. The summed E-state index contributed by atoms with van der Waals surface area (Å²) in [5.41, 5.74) is 3.06. The van der Waals surface area contributed by atoms with Gasteiger partial charge in [0.25, 0.3) is 0 Å². The van der Waals surface area contributed by atoms with E-state index in [1.54, 1.807) is 0 Å². The number of benzene rings is 1. The maximum absolute atomic E-state index is 11.5. The molecule has 0 aromatic heterocycles. The minimum absolute atomic E-state index is 0.00150. The van der Waals surface area contributed by atoms with Crippen molar-refractivity contribution in [2.45, 2.75) is 171 Å². The molecule has 0 unspecified atom stereocenters. The van der Waals surface area contributed by atoms with Gasteiger partial charge in [0.15, 0.2) is 12.6 Å². The first kappa shape index (κ1) is 39.8. The highest BCUT2D eigenvalue weighted by atomic mass is 16.7. The first-order valence-corrected chi connectivity index (χ1v) is 19.3. The van der Waals surface area contributed by atoms with Crippen LogP contribution in [-0.2, 0) is 30.1 Å². The monoisotopic (exact) mass is 736 g/mol. The van der Waals surface area contributed by atoms with Gasteiger partial charge < -0.3 is 63.8 Å². The van der Waals surface area contributed by atoms with Crippen molar-refractivity contribution in [2.24, 2.45) is 5.92 Å². The van der Waals surface area contributed by atoms with Crippen LogP contribution in [-0.4, -0.2) is 124 Å². The fourth-order valence-corrected chi connectivity index (χ4v) is 8.63. The van der Waals surface area contributed by atoms with E-state index in [-0.39, 0.29) is 49.7 Å². The SMILES string of the molecule is CCCCCc1cc(O[C@H]2C[C@@H](O)[C@H](O[C@H]3C[C@@H](O[C@H]4C[C@@H](O)C[C@@H](CO)O4)[C@H](O)[C@@H](CO)O3)[C@@H](CO)O2)c2c(c1)OC(C)(C)[C@@H]1CCC(C)=C[C@@H]21. The van der Waals surface area contributed by atoms with Crippen molar-refractivity contribution in [1.82, 2.24) is 0 Å². The Morgan fingerprint density at radius 1 is 0.846 bits per heavy atom. The van der Waals surface area contributed by atoms with Gasteiger partial charge in [-0.05, 0) is 64.2 Å². The summed E-state index contributed by atoms with van der Waals surface area (Å²) in [5, 5.41) is 62.6. The van der Waals surface area contributed by atoms with E-state index in [2.05, 4.69) is 45.9 Å². The molecule has 4 aliphatic heterocycles. The molecule has 0 radical (unpaired) electrons. The van der Waals surface area contributed by atoms with Gasteiger partial charge in [-0.1, -0.05) is 31.4 Å². The van der Waals surface area contributed by atoms with E-state index in [1.807, 2.05) is 0 Å². The predicted molar refractivity (Wildman–Crippen MR) is 188 cm³/mol. The van der Waals surface area contributed by atoms with E-state index in [1.165, 1.54) is 5.57 Å². The van der Waals surface area contributed by atoms with Crippen molar-refractivity contribution < 1.29 is 63.8 Å². The lowest BCUT2D eigenvalue weighted by molar-refractivity contribution is -0.331. The van der Waals surface area contributed by atoms with Crippen LogP contribution in [0, 0.1) is 5.92 Å². The lowest BCUT2D eigenvalue weighted by atomic mass is 9.68. The summed E-state index contributed by atoms with van der Waals surface area (Å²) in [5.74, 6) is 1.82. The maximum Gasteiger partial charge on any atom is 0.202 e. The average Bonchev–Trinajstić information content (AvgIpc) is 3.09. The molecule has 6 N–H and O–H groups in total. The van der Waals surface area contributed by atoms with Crippen LogP contribution >= 0.6 is 0 Å². The van der Waals surface area contributed by atoms with E-state index in [0.29, 0.717) is 5.75 Å². The van der Waals surface area contributed by atoms with E-state index < -0.39 is 80.9 Å². The number of fused-ring (bicyclic) bond motifs is 3. The third-order valence-electron chi connectivity index (χ3n) is 11.4. The minimum Gasteiger partial charge on any atom is -0.487 e. The minimum atomic E-state index is -1.24. The Hall–Kier alpha value is -1.88. The molecular weight excluding hydrogens is 676 g/mol. The molecule has 3 saturated heterocycles. The van der Waals surface area contributed by atoms with E-state index >= 15 is 0 Å². The quantitative estimate of drug-likeness (QED) is 0.128. The van der Waals surface area contributed by atoms with Gasteiger partial charge in [-0.15, -0.1) is 0 Å². The summed E-state index contributed by atoms with van der Waals surface area (Å²) in [6.45, 7) is 7.37. The van der Waals surface area contributed by atoms with Crippen LogP contribution in [0.3, 0.4) is 0 Å². The van der Waals surface area contributed by atoms with Gasteiger partial charge in [-0.2, -0.15) is 0 Å². The third-order valence-corrected chi connectivity index (χ3v) is 11.4. The van der Waals surface area contributed by atoms with Crippen LogP contribution in [0.4, 0.5) is 0 Å². The normalized spacial score (nSPS) is 38.8. The smallest absolute Gasteiger partial charge is 0.202 e. The summed E-state index contributed by atoms with van der Waals surface area (Å²) in [4.78, 5) is 0. The van der Waals surface area contributed by atoms with Crippen molar-refractivity contribution in [3.63, 3.8) is 0 Å². The second-order valence-electron chi connectivity index (χ2n) is 15.8. The molecule has 0 spiro atoms. The molecule has 3 fully saturated rings. The highest BCUT2D eigenvalue weighted by Crippen LogP contribution is 2.54. The number of rotatable bonds is 13. The predicted octanol–water partition coefficient (Wildman–Crippen LogP) is 2.97. The van der Waals surface area contributed by atoms with Gasteiger partial charge in [0.2, 0.25) is 6.29 Å². The Bertz CT molecular complexity index is 1350. The first-order chi connectivity index (χ1) is 24.9. The molecule has 1 aromatic carbocycles. The highest BCUT2D eigenvalue weighted by molar-refractivity contribution is 5.54. The molecule has 294 valence electrons. The molecule has 0 saturated carbocycles. The number of unbranched alkanes of at least 4 members (excludes halogenated alkanes) is 2. The molecule has 5 aliphatic rings. The van der Waals surface area contributed by atoms with Crippen LogP contribution in [0.5, 0.6) is 11.5 Å². The summed E-state index contributed by atoms with van der Waals surface area (Å²) in [6.07, 6.45) is -1.62. The maximum atomic E-state index is 11.5. The molecule has 6 rings (SSSR count). The lowest BCUT2D eigenvalue weighted by Crippen LogP contribution is -2.57. The molecule has 1 aromatic rings. The molecule has 1 aliphatic carbocycles. The molecule has 13 heteroatoms. The van der Waals surface area contributed by atoms with Crippen molar-refractivity contribution >= 4 is 0 Å². The Morgan fingerprint density at radius 3 is 2.33 bits per heavy atom. The van der Waals surface area contributed by atoms with E-state index in [9.17, 15) is 30.6 Å². The fourth-order valence-electron chi connectivity index (χ4n) is 8.63. The summed E-state index contributed by atoms with van der Waals surface area (Å²) in [7, 11) is 0. The first-order valence-electron chi connectivity index (χ1n) is 19.3. The number of aliphatic hydroxyl groups is 6. The van der Waals surface area contributed by atoms with Crippen LogP contribution in [0.1, 0.15) is 103 Å². The van der Waals surface area contributed by atoms with E-state index in [0.717, 1.165) is 55.4 Å². The Labute approximate surface area is 306 Å². The van der Waals surface area contributed by atoms with Crippen LogP contribution in [0.25, 0.3) is 0 Å². The Morgan fingerprint density at radius 2 is 1.60 bits per heavy atom. The molecule has 13 atom stereocenters. The average molecular weight is 737 g/mol. The number of ether oxygens (including phenoxy) is 7. The number of aliphatic hydroxyl groups excluding tert-OH is 6. The molecule has 0 bridgehead atoms. The zero-order valence-corrected chi connectivity index (χ0v) is 31.0. The van der Waals surface area contributed by atoms with Gasteiger partial charge in [-0.25, -0.2) is 0 Å². The number of aryl methyl sites for hydroxylation is 1. The van der Waals surface area contributed by atoms with E-state index in [4.69, 9.17) is 33.2 Å². The molecular formula is C39H60O13. The van der Waals surface area contributed by atoms with Gasteiger partial charge in [-0.3, -0.25) is 0 Å². The van der Waals surface area contributed by atoms with Gasteiger partial charge in [0, 0.05) is 43.1 Å². The lowest BCUT2D eigenvalue weighted by Gasteiger charge is -2.47.